The lowest BCUT2D eigenvalue weighted by Gasteiger charge is -2.28. The van der Waals surface area contributed by atoms with Gasteiger partial charge in [0.2, 0.25) is 10.3 Å². The first-order chi connectivity index (χ1) is 33.0. The molecule has 0 unspecified atom stereocenters. The summed E-state index contributed by atoms with van der Waals surface area (Å²) in [4.78, 5) is 34.5. The molecule has 0 saturated heterocycles. The fraction of sp³-hybridized carbons (Fsp3) is 0.308. The Labute approximate surface area is 410 Å². The second-order valence-electron chi connectivity index (χ2n) is 15.2. The van der Waals surface area contributed by atoms with E-state index in [2.05, 4.69) is 30.6 Å². The number of rotatable bonds is 12. The second-order valence-corrected chi connectivity index (χ2v) is 20.1. The number of thioether (sulfide) groups is 3. The van der Waals surface area contributed by atoms with Crippen LogP contribution in [0.1, 0.15) is 72.7 Å². The third-order valence-electron chi connectivity index (χ3n) is 10.8. The fourth-order valence-electron chi connectivity index (χ4n) is 7.46. The van der Waals surface area contributed by atoms with Gasteiger partial charge >= 0.3 is 39.3 Å². The summed E-state index contributed by atoms with van der Waals surface area (Å²) >= 11 is 5.11. The monoisotopic (exact) mass is 1020 g/mol. The van der Waals surface area contributed by atoms with Crippen molar-refractivity contribution in [3.8, 4) is 23.0 Å². The molecular formula is C39H43B3N10O13S4. The molecular weight excluding hydrogens is 977 g/mol. The van der Waals surface area contributed by atoms with Crippen LogP contribution in [0.4, 0.5) is 5.13 Å². The zero-order chi connectivity index (χ0) is 49.7. The number of aromatic carboxylic acids is 3. The van der Waals surface area contributed by atoms with E-state index in [1.807, 2.05) is 39.1 Å². The summed E-state index contributed by atoms with van der Waals surface area (Å²) in [5.74, 6) is 3.25. The van der Waals surface area contributed by atoms with Gasteiger partial charge in [-0.2, -0.15) is 0 Å². The molecule has 30 heteroatoms. The number of nitrogen functional groups attached to an aromatic ring is 2. The lowest BCUT2D eigenvalue weighted by atomic mass is 9.77. The molecule has 3 aliphatic rings. The number of hydrogen-bond acceptors (Lipinski definition) is 22. The predicted molar refractivity (Wildman–Crippen MR) is 257 cm³/mol. The van der Waals surface area contributed by atoms with Gasteiger partial charge in [-0.25, -0.2) is 19.1 Å². The highest BCUT2D eigenvalue weighted by Gasteiger charge is 2.42. The summed E-state index contributed by atoms with van der Waals surface area (Å²) in [5, 5.41) is 82.4. The van der Waals surface area contributed by atoms with E-state index < -0.39 is 39.3 Å². The van der Waals surface area contributed by atoms with Gasteiger partial charge in [-0.3, -0.25) is 0 Å². The van der Waals surface area contributed by atoms with Gasteiger partial charge in [0.15, 0.2) is 9.50 Å². The second kappa shape index (κ2) is 22.1. The minimum atomic E-state index is -1.18. The summed E-state index contributed by atoms with van der Waals surface area (Å²) in [6.07, 6.45) is 5.47. The number of carbonyl (C=O) groups is 3. The van der Waals surface area contributed by atoms with Gasteiger partial charge in [0.25, 0.3) is 0 Å². The van der Waals surface area contributed by atoms with Gasteiger partial charge in [-0.15, -0.1) is 30.6 Å². The first-order valence-corrected chi connectivity index (χ1v) is 24.3. The minimum absolute atomic E-state index is 0.0901. The van der Waals surface area contributed by atoms with Crippen LogP contribution in [0.15, 0.2) is 63.7 Å². The topological polar surface area (TPSA) is 349 Å². The van der Waals surface area contributed by atoms with E-state index in [-0.39, 0.29) is 55.1 Å². The van der Waals surface area contributed by atoms with Gasteiger partial charge < -0.3 is 65.2 Å². The average Bonchev–Trinajstić information content (AvgIpc) is 4.05. The number of methoxy groups -OCH3 is 1. The summed E-state index contributed by atoms with van der Waals surface area (Å²) in [5.41, 5.74) is 9.29. The summed E-state index contributed by atoms with van der Waals surface area (Å²) in [7, 11) is -0.236. The molecule has 0 spiro atoms. The number of nitrogens with two attached hydrogens (primary N) is 2. The first kappa shape index (κ1) is 50.7. The van der Waals surface area contributed by atoms with Crippen LogP contribution in [0.5, 0.6) is 23.0 Å². The number of fused-ring (bicyclic) bond motifs is 3. The van der Waals surface area contributed by atoms with Crippen LogP contribution in [0.3, 0.4) is 0 Å². The molecule has 69 heavy (non-hydrogen) atoms. The number of anilines is 1. The minimum Gasteiger partial charge on any atom is -0.535 e. The molecule has 10 N–H and O–H groups in total. The van der Waals surface area contributed by atoms with E-state index in [0.29, 0.717) is 68.6 Å². The van der Waals surface area contributed by atoms with Crippen molar-refractivity contribution in [3.05, 3.63) is 93.6 Å². The molecule has 0 fully saturated rings. The number of carboxylic acid groups (broad SMARTS) is 3. The van der Waals surface area contributed by atoms with Gasteiger partial charge in [0, 0.05) is 7.05 Å². The van der Waals surface area contributed by atoms with Gasteiger partial charge in [0.05, 0.1) is 22.6 Å². The quantitative estimate of drug-likeness (QED) is 0.0645. The molecule has 3 aromatic heterocycles. The van der Waals surface area contributed by atoms with Crippen LogP contribution in [0.25, 0.3) is 0 Å². The summed E-state index contributed by atoms with van der Waals surface area (Å²) in [6, 6.07) is 10.6. The lowest BCUT2D eigenvalue weighted by molar-refractivity contribution is 0.0679. The molecule has 3 atom stereocenters. The number of carboxylic acids is 3. The van der Waals surface area contributed by atoms with Crippen LogP contribution >= 0.6 is 46.6 Å². The Hall–Kier alpha value is -6.17. The fourth-order valence-corrected chi connectivity index (χ4v) is 11.4. The van der Waals surface area contributed by atoms with Crippen molar-refractivity contribution in [1.29, 1.82) is 0 Å². The Bertz CT molecular complexity index is 2730. The Balaban J connectivity index is 0.000000153. The molecule has 360 valence electrons. The van der Waals surface area contributed by atoms with Crippen molar-refractivity contribution in [2.24, 2.45) is 7.05 Å². The molecule has 9 rings (SSSR count). The molecule has 0 aliphatic carbocycles. The number of aryl methyl sites for hydroxylation is 3. The SMILES string of the molecule is CCc1ccc2c(c1C(=O)O)OB(O)[C@@H](Sc1nncn1C)C2.CCc1ccc2c(c1C(=O)O)OB(O)[C@@H](Sc1nncn1N)C2.COc1ccc2c(c1C(=O)O)OB(O)[C@@H](Sc1nnc(N)s1)C2. The van der Waals surface area contributed by atoms with Crippen molar-refractivity contribution in [3.63, 3.8) is 0 Å². The van der Waals surface area contributed by atoms with Crippen LogP contribution in [-0.4, -0.2) is 132 Å². The predicted octanol–water partition coefficient (Wildman–Crippen LogP) is 2.50. The zero-order valence-corrected chi connectivity index (χ0v) is 40.3. The first-order valence-electron chi connectivity index (χ1n) is 20.8. The largest absolute Gasteiger partial charge is 0.537 e. The molecule has 3 aliphatic heterocycles. The maximum absolute atomic E-state index is 11.6. The average molecular weight is 1020 g/mol. The molecule has 0 bridgehead atoms. The Morgan fingerprint density at radius 3 is 1.55 bits per heavy atom. The summed E-state index contributed by atoms with van der Waals surface area (Å²) < 4.78 is 25.2. The molecule has 0 radical (unpaired) electrons. The Morgan fingerprint density at radius 2 is 1.14 bits per heavy atom. The van der Waals surface area contributed by atoms with Gasteiger partial charge in [-0.1, -0.05) is 90.8 Å². The number of ether oxygens (including phenoxy) is 1. The highest BCUT2D eigenvalue weighted by Crippen LogP contribution is 2.42. The zero-order valence-electron chi connectivity index (χ0n) is 37.0. The molecule has 23 nitrogen and oxygen atoms in total. The molecule has 6 heterocycles. The molecule has 6 aromatic rings. The van der Waals surface area contributed by atoms with Gasteiger partial charge in [-0.05, 0) is 66.0 Å². The van der Waals surface area contributed by atoms with Crippen molar-refractivity contribution < 1.29 is 63.5 Å². The Morgan fingerprint density at radius 1 is 0.696 bits per heavy atom. The molecule has 3 aromatic carbocycles. The van der Waals surface area contributed by atoms with E-state index in [1.165, 1.54) is 64.7 Å². The normalized spacial score (nSPS) is 16.7. The number of aromatic nitrogens is 8. The number of nitrogens with zero attached hydrogens (tertiary/aromatic N) is 8. The third-order valence-corrected chi connectivity index (χ3v) is 15.4. The van der Waals surface area contributed by atoms with Crippen molar-refractivity contribution >= 4 is 91.0 Å². The van der Waals surface area contributed by atoms with Crippen LogP contribution in [0.2, 0.25) is 0 Å². The summed E-state index contributed by atoms with van der Waals surface area (Å²) in [6.45, 7) is 3.76. The van der Waals surface area contributed by atoms with E-state index in [1.54, 1.807) is 29.1 Å². The maximum Gasteiger partial charge on any atom is 0.537 e. The van der Waals surface area contributed by atoms with Crippen LogP contribution in [0, 0.1) is 0 Å². The molecule has 0 saturated carbocycles. The van der Waals surface area contributed by atoms with E-state index in [4.69, 9.17) is 30.3 Å². The third kappa shape index (κ3) is 11.3. The van der Waals surface area contributed by atoms with Crippen LogP contribution in [-0.2, 0) is 39.2 Å². The smallest absolute Gasteiger partial charge is 0.535 e. The van der Waals surface area contributed by atoms with Crippen molar-refractivity contribution in [2.45, 2.75) is 76.1 Å². The standard InChI is InChI=1S/C14H16BN3O4S.C13H15BN4O4S.C12H12BN3O5S2/c1-3-8-4-5-9-6-10(23-14-17-16-7-18(14)2)15(21)22-12(9)11(8)13(19)20;1-2-7-3-4-8-5-9(23-13-17-16-6-18(13)15)14(21)22-11(8)10(7)12(19)20;1-20-6-3-2-5-4-7(22-12-16-15-11(14)23-12)13(19)21-9(5)8(6)10(17)18/h4-5,7,10,21H,3,6H2,1-2H3,(H,19,20);3-4,6,9,21H,2,5,15H2,1H3,(H,19,20);2-3,7,19H,4H2,1H3,(H2,14,15)(H,17,18)/t10-;9-;7-/m000/s1. The number of hydrogen-bond donors (Lipinski definition) is 8. The van der Waals surface area contributed by atoms with Crippen LogP contribution < -0.4 is 30.3 Å². The number of benzene rings is 3. The van der Waals surface area contributed by atoms with E-state index in [9.17, 15) is 44.8 Å². The van der Waals surface area contributed by atoms with Gasteiger partial charge in [0.1, 0.15) is 52.3 Å². The maximum atomic E-state index is 11.6. The highest BCUT2D eigenvalue weighted by atomic mass is 32.2. The Kier molecular flexibility index (Phi) is 16.2. The highest BCUT2D eigenvalue weighted by molar-refractivity contribution is 8.03. The molecule has 0 amide bonds. The van der Waals surface area contributed by atoms with E-state index in [0.717, 1.165) is 11.1 Å². The van der Waals surface area contributed by atoms with Crippen molar-refractivity contribution in [1.82, 2.24) is 39.8 Å². The van der Waals surface area contributed by atoms with E-state index >= 15 is 0 Å². The van der Waals surface area contributed by atoms with Crippen molar-refractivity contribution in [2.75, 3.05) is 18.7 Å². The lowest BCUT2D eigenvalue weighted by Crippen LogP contribution is -2.41.